The van der Waals surface area contributed by atoms with Gasteiger partial charge in [0.2, 0.25) is 5.89 Å². The lowest BCUT2D eigenvalue weighted by Crippen LogP contribution is -2.11. The number of aromatic nitrogens is 1. The summed E-state index contributed by atoms with van der Waals surface area (Å²) < 4.78 is 5.80. The van der Waals surface area contributed by atoms with Crippen LogP contribution in [0.3, 0.4) is 0 Å². The first-order valence-corrected chi connectivity index (χ1v) is 7.80. The Bertz CT molecular complexity index is 766. The first-order valence-electron chi connectivity index (χ1n) is 7.43. The molecule has 4 nitrogen and oxygen atoms in total. The third kappa shape index (κ3) is 2.80. The molecule has 116 valence electrons. The molecule has 5 heteroatoms. The Kier molecular flexibility index (Phi) is 3.60. The van der Waals surface area contributed by atoms with Crippen molar-refractivity contribution in [2.75, 3.05) is 0 Å². The zero-order valence-electron chi connectivity index (χ0n) is 12.9. The normalized spacial score (nSPS) is 15.3. The summed E-state index contributed by atoms with van der Waals surface area (Å²) in [7, 11) is 0. The van der Waals surface area contributed by atoms with Gasteiger partial charge in [-0.3, -0.25) is 9.59 Å². The number of fused-ring (bicyclic) bond motifs is 1. The van der Waals surface area contributed by atoms with Crippen LogP contribution >= 0.6 is 11.6 Å². The molecule has 0 unspecified atom stereocenters. The van der Waals surface area contributed by atoms with E-state index in [2.05, 4.69) is 4.98 Å². The van der Waals surface area contributed by atoms with E-state index in [1.165, 1.54) is 0 Å². The summed E-state index contributed by atoms with van der Waals surface area (Å²) >= 11 is 6.16. The lowest BCUT2D eigenvalue weighted by atomic mass is 9.97. The topological polar surface area (TPSA) is 60.2 Å². The molecule has 1 fully saturated rings. The highest BCUT2D eigenvalue weighted by atomic mass is 35.5. The lowest BCUT2D eigenvalue weighted by Gasteiger charge is -2.11. The molecule has 1 aromatic carbocycles. The summed E-state index contributed by atoms with van der Waals surface area (Å²) in [6.45, 7) is 5.93. The molecule has 2 aromatic rings. The molecule has 0 spiro atoms. The van der Waals surface area contributed by atoms with Gasteiger partial charge in [-0.2, -0.15) is 0 Å². The van der Waals surface area contributed by atoms with Crippen molar-refractivity contribution in [1.29, 1.82) is 0 Å². The van der Waals surface area contributed by atoms with Crippen LogP contribution in [0.4, 0.5) is 0 Å². The highest BCUT2D eigenvalue weighted by Gasteiger charge is 2.32. The molecule has 0 saturated heterocycles. The Hall–Kier alpha value is -1.68. The maximum Gasteiger partial charge on any atom is 0.200 e. The Labute approximate surface area is 133 Å². The zero-order valence-corrected chi connectivity index (χ0v) is 13.7. The fourth-order valence-electron chi connectivity index (χ4n) is 2.32. The Morgan fingerprint density at radius 3 is 2.59 bits per heavy atom. The summed E-state index contributed by atoms with van der Waals surface area (Å²) in [5, 5.41) is 0.444. The molecule has 1 saturated carbocycles. The number of rotatable bonds is 4. The molecule has 0 aliphatic heterocycles. The van der Waals surface area contributed by atoms with Crippen molar-refractivity contribution < 1.29 is 14.0 Å². The van der Waals surface area contributed by atoms with Gasteiger partial charge in [0, 0.05) is 11.3 Å². The number of hydrogen-bond acceptors (Lipinski definition) is 4. The van der Waals surface area contributed by atoms with Crippen molar-refractivity contribution in [2.45, 2.75) is 45.4 Å². The molecule has 0 bridgehead atoms. The van der Waals surface area contributed by atoms with E-state index in [1.807, 2.05) is 20.8 Å². The van der Waals surface area contributed by atoms with Crippen molar-refractivity contribution in [3.05, 3.63) is 28.6 Å². The van der Waals surface area contributed by atoms with Gasteiger partial charge in [-0.1, -0.05) is 32.4 Å². The van der Waals surface area contributed by atoms with E-state index in [9.17, 15) is 9.59 Å². The molecule has 1 aliphatic carbocycles. The Balaban J connectivity index is 2.02. The molecular weight excluding hydrogens is 302 g/mol. The first-order chi connectivity index (χ1) is 10.3. The molecule has 0 atom stereocenters. The van der Waals surface area contributed by atoms with Crippen LogP contribution in [0.25, 0.3) is 11.1 Å². The number of oxazole rings is 1. The van der Waals surface area contributed by atoms with Crippen molar-refractivity contribution in [3.63, 3.8) is 0 Å². The second kappa shape index (κ2) is 5.20. The number of nitrogens with zero attached hydrogens (tertiary/aromatic N) is 1. The van der Waals surface area contributed by atoms with Crippen LogP contribution in [-0.4, -0.2) is 16.6 Å². The van der Waals surface area contributed by atoms with Crippen LogP contribution in [0, 0.1) is 5.92 Å². The quantitative estimate of drug-likeness (QED) is 0.621. The number of carbonyl (C=O) groups is 2. The minimum absolute atomic E-state index is 0.0173. The van der Waals surface area contributed by atoms with Crippen LogP contribution in [-0.2, 0) is 10.2 Å². The van der Waals surface area contributed by atoms with Crippen molar-refractivity contribution in [1.82, 2.24) is 4.98 Å². The van der Waals surface area contributed by atoms with Crippen LogP contribution in [0.5, 0.6) is 0 Å². The predicted octanol–water partition coefficient (Wildman–Crippen LogP) is 4.33. The smallest absolute Gasteiger partial charge is 0.200 e. The number of benzene rings is 1. The summed E-state index contributed by atoms with van der Waals surface area (Å²) in [6, 6.07) is 3.25. The highest BCUT2D eigenvalue weighted by Crippen LogP contribution is 2.34. The third-order valence-electron chi connectivity index (χ3n) is 3.80. The van der Waals surface area contributed by atoms with Gasteiger partial charge >= 0.3 is 0 Å². The fourth-order valence-corrected chi connectivity index (χ4v) is 2.51. The molecule has 0 N–H and O–H groups in total. The Morgan fingerprint density at radius 2 is 2.00 bits per heavy atom. The monoisotopic (exact) mass is 319 g/mol. The number of hydrogen-bond donors (Lipinski definition) is 0. The molecule has 0 amide bonds. The van der Waals surface area contributed by atoms with Gasteiger partial charge in [-0.25, -0.2) is 4.98 Å². The second-order valence-electron chi connectivity index (χ2n) is 6.88. The molecule has 0 radical (unpaired) electrons. The molecule has 1 aliphatic rings. The molecular formula is C17H18ClNO3. The van der Waals surface area contributed by atoms with Gasteiger partial charge in [-0.05, 0) is 25.0 Å². The summed E-state index contributed by atoms with van der Waals surface area (Å²) in [5.74, 6) is 0.392. The standard InChI is InChI=1S/C17H18ClNO3/c1-17(2,3)16-19-14-11(18)7-6-10(15(14)22-16)13(21)8-12(20)9-4-5-9/h6-7,9H,4-5,8H2,1-3H3. The highest BCUT2D eigenvalue weighted by molar-refractivity contribution is 6.35. The summed E-state index contributed by atoms with van der Waals surface area (Å²) in [6.07, 6.45) is 1.73. The van der Waals surface area contributed by atoms with Crippen molar-refractivity contribution in [2.24, 2.45) is 5.92 Å². The van der Waals surface area contributed by atoms with E-state index in [0.29, 0.717) is 27.6 Å². The Morgan fingerprint density at radius 1 is 1.32 bits per heavy atom. The lowest BCUT2D eigenvalue weighted by molar-refractivity contribution is -0.119. The molecule has 3 rings (SSSR count). The summed E-state index contributed by atoms with van der Waals surface area (Å²) in [4.78, 5) is 28.7. The number of Topliss-reactive ketones (excluding diaryl/α,β-unsaturated/α-hetero) is 2. The molecule has 1 aromatic heterocycles. The maximum absolute atomic E-state index is 12.4. The fraction of sp³-hybridized carbons (Fsp3) is 0.471. The average Bonchev–Trinajstić information content (AvgIpc) is 3.16. The molecule has 1 heterocycles. The summed E-state index contributed by atoms with van der Waals surface area (Å²) in [5.41, 5.74) is 0.964. The number of halogens is 1. The van der Waals surface area contributed by atoms with Crippen LogP contribution in [0.2, 0.25) is 5.02 Å². The zero-order chi connectivity index (χ0) is 16.1. The van der Waals surface area contributed by atoms with E-state index in [-0.39, 0.29) is 29.3 Å². The van der Waals surface area contributed by atoms with Crippen LogP contribution in [0.1, 0.15) is 56.3 Å². The molecule has 22 heavy (non-hydrogen) atoms. The SMILES string of the molecule is CC(C)(C)c1nc2c(Cl)ccc(C(=O)CC(=O)C3CC3)c2o1. The van der Waals surface area contributed by atoms with Gasteiger partial charge in [-0.15, -0.1) is 0 Å². The van der Waals surface area contributed by atoms with Gasteiger partial charge in [0.25, 0.3) is 0 Å². The van der Waals surface area contributed by atoms with E-state index < -0.39 is 0 Å². The largest absolute Gasteiger partial charge is 0.439 e. The van der Waals surface area contributed by atoms with Crippen molar-refractivity contribution >= 4 is 34.3 Å². The number of carbonyl (C=O) groups excluding carboxylic acids is 2. The van der Waals surface area contributed by atoms with Crippen LogP contribution < -0.4 is 0 Å². The average molecular weight is 320 g/mol. The van der Waals surface area contributed by atoms with Crippen molar-refractivity contribution in [3.8, 4) is 0 Å². The first kappa shape index (κ1) is 15.2. The third-order valence-corrected chi connectivity index (χ3v) is 4.11. The van der Waals surface area contributed by atoms with Gasteiger partial charge in [0.1, 0.15) is 11.3 Å². The minimum atomic E-state index is -0.285. The van der Waals surface area contributed by atoms with E-state index >= 15 is 0 Å². The van der Waals surface area contributed by atoms with Gasteiger partial charge in [0.05, 0.1) is 17.0 Å². The number of ketones is 2. The second-order valence-corrected chi connectivity index (χ2v) is 7.29. The minimum Gasteiger partial charge on any atom is -0.439 e. The van der Waals surface area contributed by atoms with Gasteiger partial charge < -0.3 is 4.42 Å². The van der Waals surface area contributed by atoms with Crippen LogP contribution in [0.15, 0.2) is 16.5 Å². The predicted molar refractivity (Wildman–Crippen MR) is 84.4 cm³/mol. The maximum atomic E-state index is 12.4. The van der Waals surface area contributed by atoms with E-state index in [1.54, 1.807) is 12.1 Å². The van der Waals surface area contributed by atoms with E-state index in [0.717, 1.165) is 12.8 Å². The van der Waals surface area contributed by atoms with Gasteiger partial charge in [0.15, 0.2) is 11.4 Å². The van der Waals surface area contributed by atoms with E-state index in [4.69, 9.17) is 16.0 Å².